The monoisotopic (exact) mass is 288 g/mol. The van der Waals surface area contributed by atoms with Crippen molar-refractivity contribution in [2.45, 2.75) is 59.0 Å². The van der Waals surface area contributed by atoms with Crippen molar-refractivity contribution in [1.82, 2.24) is 10.6 Å². The minimum atomic E-state index is -1.06. The maximum Gasteiger partial charge on any atom is 0.326 e. The molecule has 0 saturated carbocycles. The number of methoxy groups -OCH3 is 1. The van der Waals surface area contributed by atoms with Crippen molar-refractivity contribution >= 4 is 12.0 Å². The van der Waals surface area contributed by atoms with Crippen LogP contribution < -0.4 is 10.6 Å². The molecule has 0 fully saturated rings. The van der Waals surface area contributed by atoms with Crippen LogP contribution >= 0.6 is 0 Å². The van der Waals surface area contributed by atoms with Crippen molar-refractivity contribution in [2.75, 3.05) is 13.7 Å². The predicted octanol–water partition coefficient (Wildman–Crippen LogP) is 1.99. The third-order valence-corrected chi connectivity index (χ3v) is 2.64. The van der Waals surface area contributed by atoms with Crippen LogP contribution in [-0.2, 0) is 9.53 Å². The van der Waals surface area contributed by atoms with Crippen LogP contribution in [0, 0.1) is 5.41 Å². The van der Waals surface area contributed by atoms with E-state index in [9.17, 15) is 9.59 Å². The van der Waals surface area contributed by atoms with Crippen molar-refractivity contribution in [3.63, 3.8) is 0 Å². The lowest BCUT2D eigenvalue weighted by Gasteiger charge is -2.33. The number of carbonyl (C=O) groups is 2. The van der Waals surface area contributed by atoms with Crippen LogP contribution in [0.3, 0.4) is 0 Å². The minimum absolute atomic E-state index is 0.0685. The van der Waals surface area contributed by atoms with E-state index in [1.165, 1.54) is 7.11 Å². The van der Waals surface area contributed by atoms with Gasteiger partial charge in [-0.3, -0.25) is 0 Å². The zero-order valence-electron chi connectivity index (χ0n) is 13.4. The molecule has 1 atom stereocenters. The van der Waals surface area contributed by atoms with Gasteiger partial charge in [0.15, 0.2) is 0 Å². The van der Waals surface area contributed by atoms with Gasteiger partial charge in [0.25, 0.3) is 0 Å². The lowest BCUT2D eigenvalue weighted by atomic mass is 9.82. The third kappa shape index (κ3) is 8.74. The number of aliphatic carboxylic acids is 1. The first kappa shape index (κ1) is 18.7. The summed E-state index contributed by atoms with van der Waals surface area (Å²) in [6.45, 7) is 10.4. The summed E-state index contributed by atoms with van der Waals surface area (Å²) in [6.07, 6.45) is 1.02. The van der Waals surface area contributed by atoms with Gasteiger partial charge in [-0.25, -0.2) is 9.59 Å². The van der Waals surface area contributed by atoms with E-state index in [-0.39, 0.29) is 18.4 Å². The molecule has 118 valence electrons. The van der Waals surface area contributed by atoms with Gasteiger partial charge in [-0.2, -0.15) is 0 Å². The van der Waals surface area contributed by atoms with E-state index in [1.54, 1.807) is 0 Å². The second-order valence-corrected chi connectivity index (χ2v) is 6.89. The smallest absolute Gasteiger partial charge is 0.326 e. The summed E-state index contributed by atoms with van der Waals surface area (Å²) < 4.78 is 4.84. The normalized spacial score (nSPS) is 13.7. The van der Waals surface area contributed by atoms with Gasteiger partial charge in [-0.15, -0.1) is 0 Å². The topological polar surface area (TPSA) is 87.7 Å². The number of carboxylic acids is 1. The molecule has 1 unspecified atom stereocenters. The molecule has 0 aliphatic carbocycles. The van der Waals surface area contributed by atoms with E-state index >= 15 is 0 Å². The van der Waals surface area contributed by atoms with E-state index in [0.717, 1.165) is 6.42 Å². The van der Waals surface area contributed by atoms with Crippen molar-refractivity contribution in [1.29, 1.82) is 0 Å². The van der Waals surface area contributed by atoms with Gasteiger partial charge in [-0.1, -0.05) is 20.8 Å². The standard InChI is InChI=1S/C14H28N2O4/c1-13(2,3)9-14(4,5)16-12(19)15-10(11(17)18)7-8-20-6/h10H,7-9H2,1-6H3,(H,17,18)(H2,15,16,19). The number of hydrogen-bond donors (Lipinski definition) is 3. The van der Waals surface area contributed by atoms with Gasteiger partial charge in [0, 0.05) is 25.7 Å². The van der Waals surface area contributed by atoms with Crippen LogP contribution in [0.1, 0.15) is 47.5 Å². The molecule has 0 rings (SSSR count). The Kier molecular flexibility index (Phi) is 6.99. The largest absolute Gasteiger partial charge is 0.480 e. The van der Waals surface area contributed by atoms with Gasteiger partial charge in [-0.05, 0) is 25.7 Å². The summed E-state index contributed by atoms with van der Waals surface area (Å²) >= 11 is 0. The molecule has 3 N–H and O–H groups in total. The van der Waals surface area contributed by atoms with Crippen LogP contribution in [0.2, 0.25) is 0 Å². The van der Waals surface area contributed by atoms with Gasteiger partial charge in [0.2, 0.25) is 0 Å². The molecule has 0 bridgehead atoms. The summed E-state index contributed by atoms with van der Waals surface area (Å²) in [5, 5.41) is 14.3. The Balaban J connectivity index is 4.48. The van der Waals surface area contributed by atoms with Gasteiger partial charge in [0.05, 0.1) is 0 Å². The molecule has 6 heteroatoms. The highest BCUT2D eigenvalue weighted by Crippen LogP contribution is 2.26. The zero-order chi connectivity index (χ0) is 16.0. The fraction of sp³-hybridized carbons (Fsp3) is 0.857. The van der Waals surface area contributed by atoms with E-state index in [2.05, 4.69) is 31.4 Å². The molecule has 6 nitrogen and oxygen atoms in total. The van der Waals surface area contributed by atoms with Gasteiger partial charge in [0.1, 0.15) is 6.04 Å². The first-order valence-corrected chi connectivity index (χ1v) is 6.77. The molecule has 2 amide bonds. The van der Waals surface area contributed by atoms with Crippen molar-refractivity contribution < 1.29 is 19.4 Å². The van der Waals surface area contributed by atoms with Crippen LogP contribution in [0.4, 0.5) is 4.79 Å². The molecule has 0 heterocycles. The van der Waals surface area contributed by atoms with Crippen LogP contribution in [0.25, 0.3) is 0 Å². The average Bonchev–Trinajstić information content (AvgIpc) is 2.18. The Bertz CT molecular complexity index is 335. The number of nitrogens with one attached hydrogen (secondary N) is 2. The highest BCUT2D eigenvalue weighted by molar-refractivity contribution is 5.82. The maximum absolute atomic E-state index is 11.9. The molecule has 0 spiro atoms. The molecule has 0 aliphatic heterocycles. The zero-order valence-corrected chi connectivity index (χ0v) is 13.4. The summed E-state index contributed by atoms with van der Waals surface area (Å²) in [5.74, 6) is -1.06. The fourth-order valence-corrected chi connectivity index (χ4v) is 2.36. The number of rotatable bonds is 7. The Morgan fingerprint density at radius 1 is 1.20 bits per heavy atom. The first-order valence-electron chi connectivity index (χ1n) is 6.77. The molecular weight excluding hydrogens is 260 g/mol. The van der Waals surface area contributed by atoms with Gasteiger partial charge < -0.3 is 20.5 Å². The number of carbonyl (C=O) groups excluding carboxylic acids is 1. The SMILES string of the molecule is COCCC(NC(=O)NC(C)(C)CC(C)(C)C)C(=O)O. The lowest BCUT2D eigenvalue weighted by molar-refractivity contribution is -0.139. The van der Waals surface area contributed by atoms with E-state index in [4.69, 9.17) is 9.84 Å². The van der Waals surface area contributed by atoms with Crippen molar-refractivity contribution in [3.05, 3.63) is 0 Å². The van der Waals surface area contributed by atoms with Gasteiger partial charge >= 0.3 is 12.0 Å². The Morgan fingerprint density at radius 3 is 2.15 bits per heavy atom. The summed E-state index contributed by atoms with van der Waals surface area (Å²) in [4.78, 5) is 22.9. The molecule has 0 aliphatic rings. The van der Waals surface area contributed by atoms with E-state index in [1.807, 2.05) is 13.8 Å². The predicted molar refractivity (Wildman–Crippen MR) is 77.7 cm³/mol. The van der Waals surface area contributed by atoms with Crippen molar-refractivity contribution in [3.8, 4) is 0 Å². The molecule has 0 saturated heterocycles. The number of ether oxygens (including phenoxy) is 1. The number of carboxylic acid groups (broad SMARTS) is 1. The summed E-state index contributed by atoms with van der Waals surface area (Å²) in [5.41, 5.74) is -0.342. The minimum Gasteiger partial charge on any atom is -0.480 e. The molecule has 20 heavy (non-hydrogen) atoms. The quantitative estimate of drug-likeness (QED) is 0.668. The lowest BCUT2D eigenvalue weighted by Crippen LogP contribution is -2.53. The molecule has 0 aromatic rings. The highest BCUT2D eigenvalue weighted by Gasteiger charge is 2.28. The second-order valence-electron chi connectivity index (χ2n) is 6.89. The molecule has 0 aromatic heterocycles. The van der Waals surface area contributed by atoms with Crippen LogP contribution in [0.5, 0.6) is 0 Å². The fourth-order valence-electron chi connectivity index (χ4n) is 2.36. The Hall–Kier alpha value is -1.30. The van der Waals surface area contributed by atoms with E-state index in [0.29, 0.717) is 0 Å². The number of hydrogen-bond acceptors (Lipinski definition) is 3. The maximum atomic E-state index is 11.9. The van der Waals surface area contributed by atoms with E-state index < -0.39 is 23.6 Å². The van der Waals surface area contributed by atoms with Crippen LogP contribution in [-0.4, -0.2) is 42.4 Å². The summed E-state index contributed by atoms with van der Waals surface area (Å²) in [7, 11) is 1.49. The Labute approximate surface area is 121 Å². The first-order chi connectivity index (χ1) is 8.97. The van der Waals surface area contributed by atoms with Crippen LogP contribution in [0.15, 0.2) is 0 Å². The average molecular weight is 288 g/mol. The summed E-state index contributed by atoms with van der Waals surface area (Å²) in [6, 6.07) is -1.41. The molecule has 0 aromatic carbocycles. The molecular formula is C14H28N2O4. The second kappa shape index (κ2) is 7.47. The number of urea groups is 1. The van der Waals surface area contributed by atoms with Crippen molar-refractivity contribution in [2.24, 2.45) is 5.41 Å². The molecule has 0 radical (unpaired) electrons. The Morgan fingerprint density at radius 2 is 1.75 bits per heavy atom. The highest BCUT2D eigenvalue weighted by atomic mass is 16.5. The third-order valence-electron chi connectivity index (χ3n) is 2.64. The number of amides is 2.